The Bertz CT molecular complexity index is 680. The van der Waals surface area contributed by atoms with Crippen LogP contribution in [-0.4, -0.2) is 42.2 Å². The standard InChI is InChI=1S/C20H29BFNO3/c1-13-10-14(2)12-23(11-13)18(24)15-8-7-9-16(17(15)22)21-25-19(3,4)20(5,6)26-21/h7-9,13-14H,10-12H2,1-6H3. The van der Waals surface area contributed by atoms with E-state index in [0.717, 1.165) is 6.42 Å². The van der Waals surface area contributed by atoms with Crippen molar-refractivity contribution >= 4 is 18.5 Å². The highest BCUT2D eigenvalue weighted by Crippen LogP contribution is 2.36. The third-order valence-electron chi connectivity index (χ3n) is 5.92. The quantitative estimate of drug-likeness (QED) is 0.760. The molecular formula is C20H29BFNO3. The number of halogens is 1. The van der Waals surface area contributed by atoms with Crippen LogP contribution in [0.2, 0.25) is 0 Å². The molecule has 0 aromatic heterocycles. The molecule has 26 heavy (non-hydrogen) atoms. The fourth-order valence-electron chi connectivity index (χ4n) is 3.87. The normalized spacial score (nSPS) is 27.7. The zero-order valence-electron chi connectivity index (χ0n) is 16.6. The Balaban J connectivity index is 1.87. The fraction of sp³-hybridized carbons (Fsp3) is 0.650. The lowest BCUT2D eigenvalue weighted by Gasteiger charge is -2.35. The second-order valence-corrected chi connectivity index (χ2v) is 8.95. The molecule has 0 N–H and O–H groups in total. The Morgan fingerprint density at radius 2 is 1.65 bits per heavy atom. The first-order valence-corrected chi connectivity index (χ1v) is 9.45. The summed E-state index contributed by atoms with van der Waals surface area (Å²) >= 11 is 0. The smallest absolute Gasteiger partial charge is 0.399 e. The summed E-state index contributed by atoms with van der Waals surface area (Å²) in [6.45, 7) is 13.3. The van der Waals surface area contributed by atoms with Crippen LogP contribution < -0.4 is 5.46 Å². The van der Waals surface area contributed by atoms with Crippen molar-refractivity contribution in [3.63, 3.8) is 0 Å². The number of hydrogen-bond donors (Lipinski definition) is 0. The molecule has 0 saturated carbocycles. The van der Waals surface area contributed by atoms with Crippen molar-refractivity contribution in [2.75, 3.05) is 13.1 Å². The summed E-state index contributed by atoms with van der Waals surface area (Å²) in [7, 11) is -0.813. The van der Waals surface area contributed by atoms with Crippen LogP contribution in [0, 0.1) is 17.7 Å². The van der Waals surface area contributed by atoms with E-state index in [-0.39, 0.29) is 16.9 Å². The lowest BCUT2D eigenvalue weighted by Crippen LogP contribution is -2.44. The van der Waals surface area contributed by atoms with Gasteiger partial charge in [0.05, 0.1) is 16.8 Å². The van der Waals surface area contributed by atoms with E-state index in [2.05, 4.69) is 13.8 Å². The Morgan fingerprint density at radius 1 is 1.12 bits per heavy atom. The van der Waals surface area contributed by atoms with Crippen LogP contribution in [0.3, 0.4) is 0 Å². The van der Waals surface area contributed by atoms with Crippen molar-refractivity contribution in [1.82, 2.24) is 4.90 Å². The predicted molar refractivity (Wildman–Crippen MR) is 101 cm³/mol. The zero-order valence-corrected chi connectivity index (χ0v) is 16.6. The van der Waals surface area contributed by atoms with Gasteiger partial charge < -0.3 is 14.2 Å². The minimum absolute atomic E-state index is 0.0958. The van der Waals surface area contributed by atoms with Gasteiger partial charge in [0.25, 0.3) is 5.91 Å². The van der Waals surface area contributed by atoms with E-state index in [1.165, 1.54) is 0 Å². The predicted octanol–water partition coefficient (Wildman–Crippen LogP) is 3.24. The van der Waals surface area contributed by atoms with Crippen molar-refractivity contribution < 1.29 is 18.5 Å². The molecule has 2 fully saturated rings. The van der Waals surface area contributed by atoms with Crippen LogP contribution in [0.4, 0.5) is 4.39 Å². The average molecular weight is 361 g/mol. The number of hydrogen-bond acceptors (Lipinski definition) is 3. The van der Waals surface area contributed by atoms with Gasteiger partial charge in [-0.1, -0.05) is 26.0 Å². The Kier molecular flexibility index (Phi) is 4.95. The van der Waals surface area contributed by atoms with E-state index < -0.39 is 24.1 Å². The number of piperidine rings is 1. The molecule has 0 bridgehead atoms. The largest absolute Gasteiger partial charge is 0.497 e. The second kappa shape index (κ2) is 6.64. The highest BCUT2D eigenvalue weighted by Gasteiger charge is 2.52. The molecule has 2 aliphatic rings. The van der Waals surface area contributed by atoms with Gasteiger partial charge in [0.2, 0.25) is 0 Å². The Labute approximate surface area is 156 Å². The molecule has 0 aliphatic carbocycles. The van der Waals surface area contributed by atoms with Crippen LogP contribution in [0.5, 0.6) is 0 Å². The molecule has 4 nitrogen and oxygen atoms in total. The summed E-state index contributed by atoms with van der Waals surface area (Å²) < 4.78 is 27.1. The first kappa shape index (κ1) is 19.4. The Morgan fingerprint density at radius 3 is 2.19 bits per heavy atom. The van der Waals surface area contributed by atoms with Crippen LogP contribution in [0.1, 0.15) is 58.3 Å². The average Bonchev–Trinajstić information content (AvgIpc) is 2.74. The highest BCUT2D eigenvalue weighted by atomic mass is 19.1. The molecule has 1 amide bonds. The van der Waals surface area contributed by atoms with Gasteiger partial charge in [-0.25, -0.2) is 4.39 Å². The second-order valence-electron chi connectivity index (χ2n) is 8.95. The monoisotopic (exact) mass is 361 g/mol. The third kappa shape index (κ3) is 3.41. The first-order chi connectivity index (χ1) is 12.0. The van der Waals surface area contributed by atoms with Crippen molar-refractivity contribution in [2.45, 2.75) is 59.2 Å². The SMILES string of the molecule is CC1CC(C)CN(C(=O)c2cccc(B3OC(C)(C)C(C)(C)O3)c2F)C1. The first-order valence-electron chi connectivity index (χ1n) is 9.45. The van der Waals surface area contributed by atoms with E-state index in [0.29, 0.717) is 24.9 Å². The summed E-state index contributed by atoms with van der Waals surface area (Å²) in [5.41, 5.74) is -0.727. The van der Waals surface area contributed by atoms with Gasteiger partial charge in [-0.2, -0.15) is 0 Å². The van der Waals surface area contributed by atoms with Gasteiger partial charge in [0.15, 0.2) is 0 Å². The lowest BCUT2D eigenvalue weighted by atomic mass is 9.77. The number of benzene rings is 1. The maximum absolute atomic E-state index is 15.2. The molecule has 2 atom stereocenters. The highest BCUT2D eigenvalue weighted by molar-refractivity contribution is 6.62. The number of nitrogens with zero attached hydrogens (tertiary/aromatic N) is 1. The molecule has 142 valence electrons. The van der Waals surface area contributed by atoms with Crippen molar-refractivity contribution in [3.05, 3.63) is 29.6 Å². The summed E-state index contributed by atoms with van der Waals surface area (Å²) in [6.07, 6.45) is 1.10. The van der Waals surface area contributed by atoms with Crippen molar-refractivity contribution in [2.24, 2.45) is 11.8 Å². The lowest BCUT2D eigenvalue weighted by molar-refractivity contribution is 0.00578. The van der Waals surface area contributed by atoms with E-state index >= 15 is 4.39 Å². The summed E-state index contributed by atoms with van der Waals surface area (Å²) in [6, 6.07) is 4.89. The minimum atomic E-state index is -0.813. The number of amides is 1. The van der Waals surface area contributed by atoms with E-state index in [9.17, 15) is 4.79 Å². The van der Waals surface area contributed by atoms with Crippen molar-refractivity contribution in [3.8, 4) is 0 Å². The number of rotatable bonds is 2. The minimum Gasteiger partial charge on any atom is -0.399 e. The van der Waals surface area contributed by atoms with E-state index in [1.54, 1.807) is 23.1 Å². The van der Waals surface area contributed by atoms with Gasteiger partial charge in [-0.05, 0) is 52.0 Å². The molecule has 1 aromatic carbocycles. The maximum atomic E-state index is 15.2. The van der Waals surface area contributed by atoms with Gasteiger partial charge in [0, 0.05) is 18.6 Å². The molecule has 2 saturated heterocycles. The topological polar surface area (TPSA) is 38.8 Å². The van der Waals surface area contributed by atoms with Crippen molar-refractivity contribution in [1.29, 1.82) is 0 Å². The molecule has 2 aliphatic heterocycles. The molecule has 0 radical (unpaired) electrons. The van der Waals surface area contributed by atoms with Crippen LogP contribution in [0.15, 0.2) is 18.2 Å². The molecule has 1 aromatic rings. The van der Waals surface area contributed by atoms with Gasteiger partial charge in [0.1, 0.15) is 5.82 Å². The van der Waals surface area contributed by atoms with E-state index in [1.807, 2.05) is 27.7 Å². The van der Waals surface area contributed by atoms with E-state index in [4.69, 9.17) is 9.31 Å². The van der Waals surface area contributed by atoms with Crippen LogP contribution >= 0.6 is 0 Å². The van der Waals surface area contributed by atoms with Crippen LogP contribution in [0.25, 0.3) is 0 Å². The number of carbonyl (C=O) groups is 1. The number of likely N-dealkylation sites (tertiary alicyclic amines) is 1. The molecule has 6 heteroatoms. The molecule has 3 rings (SSSR count). The molecular weight excluding hydrogens is 332 g/mol. The summed E-state index contributed by atoms with van der Waals surface area (Å²) in [5.74, 6) is 0.0650. The maximum Gasteiger partial charge on any atom is 0.497 e. The molecule has 0 spiro atoms. The Hall–Kier alpha value is -1.40. The van der Waals surface area contributed by atoms with Gasteiger partial charge in [-0.15, -0.1) is 0 Å². The molecule has 2 unspecified atom stereocenters. The van der Waals surface area contributed by atoms with Gasteiger partial charge in [-0.3, -0.25) is 4.79 Å². The van der Waals surface area contributed by atoms with Crippen LogP contribution in [-0.2, 0) is 9.31 Å². The number of carbonyl (C=O) groups excluding carboxylic acids is 1. The molecule has 2 heterocycles. The third-order valence-corrected chi connectivity index (χ3v) is 5.92. The summed E-state index contributed by atoms with van der Waals surface area (Å²) in [5, 5.41) is 0. The van der Waals surface area contributed by atoms with Gasteiger partial charge >= 0.3 is 7.12 Å². The zero-order chi connectivity index (χ0) is 19.3. The fourth-order valence-corrected chi connectivity index (χ4v) is 3.87. The summed E-state index contributed by atoms with van der Waals surface area (Å²) in [4.78, 5) is 14.7.